The molecule has 0 fully saturated rings. The Labute approximate surface area is 94.2 Å². The highest BCUT2D eigenvalue weighted by atomic mass is 16.1. The molecule has 16 heavy (non-hydrogen) atoms. The number of carbonyl (C=O) groups excluding carboxylic acids is 1. The maximum absolute atomic E-state index is 11.9. The molecular formula is C13H12N2O. The van der Waals surface area contributed by atoms with Crippen LogP contribution in [0.25, 0.3) is 0 Å². The molecule has 0 spiro atoms. The molecule has 0 bridgehead atoms. The van der Waals surface area contributed by atoms with Crippen LogP contribution < -0.4 is 0 Å². The third-order valence-electron chi connectivity index (χ3n) is 2.30. The number of benzene rings is 1. The van der Waals surface area contributed by atoms with E-state index < -0.39 is 0 Å². The fourth-order valence-electron chi connectivity index (χ4n) is 1.34. The molecule has 0 saturated carbocycles. The monoisotopic (exact) mass is 212 g/mol. The van der Waals surface area contributed by atoms with E-state index in [1.807, 2.05) is 26.0 Å². The highest BCUT2D eigenvalue weighted by Crippen LogP contribution is 2.07. The molecule has 0 saturated heterocycles. The summed E-state index contributed by atoms with van der Waals surface area (Å²) in [5.74, 6) is 0.106. The maximum atomic E-state index is 11.9. The topological polar surface area (TPSA) is 42.9 Å². The average Bonchev–Trinajstić information content (AvgIpc) is 2.30. The fourth-order valence-corrected chi connectivity index (χ4v) is 1.34. The van der Waals surface area contributed by atoms with Gasteiger partial charge in [-0.25, -0.2) is 9.97 Å². The number of aryl methyl sites for hydroxylation is 2. The first kappa shape index (κ1) is 10.5. The number of hydrogen-bond acceptors (Lipinski definition) is 3. The highest BCUT2D eigenvalue weighted by molar-refractivity contribution is 6.06. The second-order valence-electron chi connectivity index (χ2n) is 3.78. The maximum Gasteiger partial charge on any atom is 0.230 e. The van der Waals surface area contributed by atoms with Crippen molar-refractivity contribution in [2.24, 2.45) is 0 Å². The predicted molar refractivity (Wildman–Crippen MR) is 61.4 cm³/mol. The SMILES string of the molecule is Cc1ccc(C(=O)c2ncc(C)cn2)cc1. The first-order chi connectivity index (χ1) is 7.66. The molecule has 3 nitrogen and oxygen atoms in total. The Kier molecular flexibility index (Phi) is 2.77. The van der Waals surface area contributed by atoms with Crippen LogP contribution in [0.1, 0.15) is 27.3 Å². The fraction of sp³-hybridized carbons (Fsp3) is 0.154. The van der Waals surface area contributed by atoms with Crippen LogP contribution in [0.2, 0.25) is 0 Å². The summed E-state index contributed by atoms with van der Waals surface area (Å²) in [6, 6.07) is 7.39. The Hall–Kier alpha value is -2.03. The zero-order chi connectivity index (χ0) is 11.5. The van der Waals surface area contributed by atoms with E-state index in [0.717, 1.165) is 11.1 Å². The van der Waals surface area contributed by atoms with Gasteiger partial charge < -0.3 is 0 Å². The van der Waals surface area contributed by atoms with Crippen LogP contribution >= 0.6 is 0 Å². The van der Waals surface area contributed by atoms with E-state index in [9.17, 15) is 4.79 Å². The molecular weight excluding hydrogens is 200 g/mol. The van der Waals surface area contributed by atoms with E-state index >= 15 is 0 Å². The summed E-state index contributed by atoms with van der Waals surface area (Å²) in [7, 11) is 0. The van der Waals surface area contributed by atoms with Gasteiger partial charge in [-0.1, -0.05) is 29.8 Å². The van der Waals surface area contributed by atoms with Crippen molar-refractivity contribution in [1.29, 1.82) is 0 Å². The Bertz CT molecular complexity index is 453. The minimum Gasteiger partial charge on any atom is -0.285 e. The molecule has 0 aliphatic heterocycles. The van der Waals surface area contributed by atoms with Crippen molar-refractivity contribution < 1.29 is 4.79 Å². The summed E-state index contributed by atoms with van der Waals surface area (Å²) in [4.78, 5) is 20.0. The van der Waals surface area contributed by atoms with Crippen LogP contribution in [0.5, 0.6) is 0 Å². The Morgan fingerprint density at radius 1 is 0.938 bits per heavy atom. The van der Waals surface area contributed by atoms with Gasteiger partial charge in [0.1, 0.15) is 0 Å². The first-order valence-corrected chi connectivity index (χ1v) is 5.07. The number of nitrogens with zero attached hydrogens (tertiary/aromatic N) is 2. The van der Waals surface area contributed by atoms with Gasteiger partial charge in [0.05, 0.1) is 0 Å². The van der Waals surface area contributed by atoms with Gasteiger partial charge in [-0.15, -0.1) is 0 Å². The van der Waals surface area contributed by atoms with Crippen molar-refractivity contribution in [2.45, 2.75) is 13.8 Å². The predicted octanol–water partition coefficient (Wildman–Crippen LogP) is 2.32. The molecule has 1 heterocycles. The van der Waals surface area contributed by atoms with Crippen LogP contribution in [0.15, 0.2) is 36.7 Å². The standard InChI is InChI=1S/C13H12N2O/c1-9-3-5-11(6-4-9)12(16)13-14-7-10(2)8-15-13/h3-8H,1-2H3. The highest BCUT2D eigenvalue weighted by Gasteiger charge is 2.10. The van der Waals surface area contributed by atoms with Crippen molar-refractivity contribution >= 4 is 5.78 Å². The Balaban J connectivity index is 2.32. The summed E-state index contributed by atoms with van der Waals surface area (Å²) in [5.41, 5.74) is 2.69. The zero-order valence-electron chi connectivity index (χ0n) is 9.27. The third-order valence-corrected chi connectivity index (χ3v) is 2.30. The molecule has 0 atom stereocenters. The second-order valence-corrected chi connectivity index (χ2v) is 3.78. The lowest BCUT2D eigenvalue weighted by atomic mass is 10.1. The summed E-state index contributed by atoms with van der Waals surface area (Å²) in [6.45, 7) is 3.87. The molecule has 2 rings (SSSR count). The molecule has 0 unspecified atom stereocenters. The molecule has 0 aliphatic carbocycles. The summed E-state index contributed by atoms with van der Waals surface area (Å²) >= 11 is 0. The van der Waals surface area contributed by atoms with Crippen LogP contribution in [-0.4, -0.2) is 15.8 Å². The van der Waals surface area contributed by atoms with Crippen LogP contribution in [0.4, 0.5) is 0 Å². The second kappa shape index (κ2) is 4.23. The number of aromatic nitrogens is 2. The largest absolute Gasteiger partial charge is 0.285 e. The van der Waals surface area contributed by atoms with Crippen molar-refractivity contribution in [2.75, 3.05) is 0 Å². The van der Waals surface area contributed by atoms with Gasteiger partial charge in [0.15, 0.2) is 0 Å². The van der Waals surface area contributed by atoms with Crippen LogP contribution in [0, 0.1) is 13.8 Å². The van der Waals surface area contributed by atoms with Crippen molar-refractivity contribution in [3.63, 3.8) is 0 Å². The van der Waals surface area contributed by atoms with Crippen molar-refractivity contribution in [3.05, 3.63) is 59.2 Å². The quantitative estimate of drug-likeness (QED) is 0.717. The summed E-state index contributed by atoms with van der Waals surface area (Å²) in [5, 5.41) is 0. The van der Waals surface area contributed by atoms with E-state index in [2.05, 4.69) is 9.97 Å². The van der Waals surface area contributed by atoms with E-state index in [1.165, 1.54) is 0 Å². The van der Waals surface area contributed by atoms with E-state index in [-0.39, 0.29) is 11.6 Å². The van der Waals surface area contributed by atoms with E-state index in [4.69, 9.17) is 0 Å². The lowest BCUT2D eigenvalue weighted by Gasteiger charge is -2.00. The van der Waals surface area contributed by atoms with Crippen molar-refractivity contribution in [1.82, 2.24) is 9.97 Å². The molecule has 0 amide bonds. The Morgan fingerprint density at radius 3 is 2.06 bits per heavy atom. The smallest absolute Gasteiger partial charge is 0.230 e. The first-order valence-electron chi connectivity index (χ1n) is 5.07. The zero-order valence-corrected chi connectivity index (χ0v) is 9.27. The molecule has 80 valence electrons. The van der Waals surface area contributed by atoms with Gasteiger partial charge in [0, 0.05) is 18.0 Å². The molecule has 0 radical (unpaired) electrons. The van der Waals surface area contributed by atoms with Gasteiger partial charge in [-0.3, -0.25) is 4.79 Å². The van der Waals surface area contributed by atoms with Gasteiger partial charge in [-0.2, -0.15) is 0 Å². The number of rotatable bonds is 2. The third kappa shape index (κ3) is 2.14. The normalized spacial score (nSPS) is 10.1. The van der Waals surface area contributed by atoms with Gasteiger partial charge in [-0.05, 0) is 19.4 Å². The van der Waals surface area contributed by atoms with Gasteiger partial charge >= 0.3 is 0 Å². The minimum atomic E-state index is -0.139. The number of hydrogen-bond donors (Lipinski definition) is 0. The Morgan fingerprint density at radius 2 is 1.50 bits per heavy atom. The molecule has 1 aromatic carbocycles. The minimum absolute atomic E-state index is 0.139. The van der Waals surface area contributed by atoms with Crippen LogP contribution in [-0.2, 0) is 0 Å². The van der Waals surface area contributed by atoms with Gasteiger partial charge in [0.25, 0.3) is 0 Å². The van der Waals surface area contributed by atoms with E-state index in [1.54, 1.807) is 24.5 Å². The molecule has 2 aromatic rings. The van der Waals surface area contributed by atoms with Gasteiger partial charge in [0.2, 0.25) is 11.6 Å². The molecule has 0 N–H and O–H groups in total. The lowest BCUT2D eigenvalue weighted by Crippen LogP contribution is -2.06. The molecule has 1 aromatic heterocycles. The summed E-state index contributed by atoms with van der Waals surface area (Å²) in [6.07, 6.45) is 3.29. The van der Waals surface area contributed by atoms with Crippen LogP contribution in [0.3, 0.4) is 0 Å². The van der Waals surface area contributed by atoms with Crippen molar-refractivity contribution in [3.8, 4) is 0 Å². The average molecular weight is 212 g/mol. The molecule has 3 heteroatoms. The lowest BCUT2D eigenvalue weighted by molar-refractivity contribution is 0.102. The molecule has 0 aliphatic rings. The summed E-state index contributed by atoms with van der Waals surface area (Å²) < 4.78 is 0. The number of carbonyl (C=O) groups is 1. The number of ketones is 1. The van der Waals surface area contributed by atoms with E-state index in [0.29, 0.717) is 5.56 Å².